The molecule has 0 unspecified atom stereocenters. The highest BCUT2D eigenvalue weighted by Crippen LogP contribution is 2.26. The van der Waals surface area contributed by atoms with Crippen LogP contribution < -0.4 is 15.6 Å². The molecule has 7 heteroatoms. The van der Waals surface area contributed by atoms with Gasteiger partial charge in [-0.15, -0.1) is 0 Å². The molecule has 0 spiro atoms. The molecule has 138 valence electrons. The maximum absolute atomic E-state index is 11.8. The van der Waals surface area contributed by atoms with Crippen molar-refractivity contribution < 1.29 is 14.3 Å². The van der Waals surface area contributed by atoms with Crippen molar-refractivity contribution in [2.45, 2.75) is 26.2 Å². The molecular formula is C19H20BrClN2O3. The van der Waals surface area contributed by atoms with Crippen LogP contribution in [0.3, 0.4) is 0 Å². The fourth-order valence-corrected chi connectivity index (χ4v) is 2.98. The number of carbonyl (C=O) groups excluding carboxylic acids is 2. The van der Waals surface area contributed by atoms with Crippen LogP contribution in [0, 0.1) is 0 Å². The summed E-state index contributed by atoms with van der Waals surface area (Å²) < 4.78 is 6.23. The lowest BCUT2D eigenvalue weighted by atomic mass is 10.1. The van der Waals surface area contributed by atoms with E-state index in [9.17, 15) is 9.59 Å². The summed E-state index contributed by atoms with van der Waals surface area (Å²) in [4.78, 5) is 23.6. The minimum atomic E-state index is -0.442. The van der Waals surface area contributed by atoms with Crippen molar-refractivity contribution in [3.63, 3.8) is 0 Å². The zero-order valence-electron chi connectivity index (χ0n) is 14.4. The normalized spacial score (nSPS) is 10.3. The minimum absolute atomic E-state index is 0.200. The average Bonchev–Trinajstić information content (AvgIpc) is 2.64. The van der Waals surface area contributed by atoms with E-state index >= 15 is 0 Å². The number of nitrogens with one attached hydrogen (secondary N) is 2. The van der Waals surface area contributed by atoms with Gasteiger partial charge in [0.25, 0.3) is 5.91 Å². The summed E-state index contributed by atoms with van der Waals surface area (Å²) in [7, 11) is 0. The van der Waals surface area contributed by atoms with Gasteiger partial charge in [-0.2, -0.15) is 0 Å². The number of halogens is 2. The quantitative estimate of drug-likeness (QED) is 0.645. The molecule has 0 saturated heterocycles. The van der Waals surface area contributed by atoms with Gasteiger partial charge in [-0.05, 0) is 58.1 Å². The van der Waals surface area contributed by atoms with Gasteiger partial charge in [0.2, 0.25) is 5.91 Å². The Labute approximate surface area is 166 Å². The van der Waals surface area contributed by atoms with Gasteiger partial charge in [-0.25, -0.2) is 0 Å². The van der Waals surface area contributed by atoms with Crippen molar-refractivity contribution in [3.8, 4) is 5.75 Å². The van der Waals surface area contributed by atoms with Crippen LogP contribution in [0.15, 0.2) is 46.9 Å². The van der Waals surface area contributed by atoms with Crippen molar-refractivity contribution >= 4 is 39.3 Å². The minimum Gasteiger partial charge on any atom is -0.483 e. The molecule has 0 heterocycles. The third-order valence-corrected chi connectivity index (χ3v) is 4.67. The van der Waals surface area contributed by atoms with E-state index in [0.717, 1.165) is 16.5 Å². The molecule has 0 fully saturated rings. The van der Waals surface area contributed by atoms with E-state index < -0.39 is 5.91 Å². The molecule has 0 bridgehead atoms. The Kier molecular flexibility index (Phi) is 7.94. The first-order valence-electron chi connectivity index (χ1n) is 8.22. The number of aryl methyl sites for hydroxylation is 2. The highest BCUT2D eigenvalue weighted by molar-refractivity contribution is 9.10. The first-order valence-corrected chi connectivity index (χ1v) is 9.39. The third kappa shape index (κ3) is 6.35. The second-order valence-electron chi connectivity index (χ2n) is 5.59. The first kappa shape index (κ1) is 20.3. The van der Waals surface area contributed by atoms with Crippen LogP contribution in [0.1, 0.15) is 24.5 Å². The van der Waals surface area contributed by atoms with Crippen molar-refractivity contribution in [2.24, 2.45) is 0 Å². The Hall–Kier alpha value is -2.05. The maximum Gasteiger partial charge on any atom is 0.276 e. The van der Waals surface area contributed by atoms with Gasteiger partial charge in [0, 0.05) is 11.4 Å². The third-order valence-electron chi connectivity index (χ3n) is 3.68. The molecule has 2 aromatic rings. The average molecular weight is 440 g/mol. The van der Waals surface area contributed by atoms with Gasteiger partial charge in [-0.1, -0.05) is 42.8 Å². The number of hydrogen-bond donors (Lipinski definition) is 2. The lowest BCUT2D eigenvalue weighted by Gasteiger charge is -2.11. The van der Waals surface area contributed by atoms with Gasteiger partial charge in [-0.3, -0.25) is 20.4 Å². The monoisotopic (exact) mass is 438 g/mol. The molecule has 2 rings (SSSR count). The summed E-state index contributed by atoms with van der Waals surface area (Å²) in [5.41, 5.74) is 6.76. The topological polar surface area (TPSA) is 67.4 Å². The molecule has 2 amide bonds. The molecule has 2 N–H and O–H groups in total. The first-order chi connectivity index (χ1) is 12.5. The predicted molar refractivity (Wildman–Crippen MR) is 105 cm³/mol. The number of amides is 2. The zero-order valence-corrected chi connectivity index (χ0v) is 16.7. The van der Waals surface area contributed by atoms with Gasteiger partial charge in [0.05, 0.1) is 4.47 Å². The SMILES string of the molecule is CCc1ccc(OCC(=O)NNC(=O)CCc2ccccc2Cl)c(Br)c1. The number of hydrogen-bond acceptors (Lipinski definition) is 3. The lowest BCUT2D eigenvalue weighted by Crippen LogP contribution is -2.43. The van der Waals surface area contributed by atoms with Crippen molar-refractivity contribution in [2.75, 3.05) is 6.61 Å². The summed E-state index contributed by atoms with van der Waals surface area (Å²) in [5.74, 6) is -0.170. The molecule has 0 aliphatic heterocycles. The Morgan fingerprint density at radius 2 is 1.85 bits per heavy atom. The molecule has 0 aliphatic carbocycles. The fourth-order valence-electron chi connectivity index (χ4n) is 2.21. The van der Waals surface area contributed by atoms with Crippen LogP contribution in [0.2, 0.25) is 5.02 Å². The van der Waals surface area contributed by atoms with E-state index in [0.29, 0.717) is 17.2 Å². The Morgan fingerprint density at radius 1 is 1.12 bits per heavy atom. The van der Waals surface area contributed by atoms with Crippen LogP contribution in [-0.2, 0) is 22.4 Å². The van der Waals surface area contributed by atoms with Gasteiger partial charge in [0.1, 0.15) is 5.75 Å². The van der Waals surface area contributed by atoms with E-state index in [-0.39, 0.29) is 18.9 Å². The van der Waals surface area contributed by atoms with E-state index in [4.69, 9.17) is 16.3 Å². The highest BCUT2D eigenvalue weighted by Gasteiger charge is 2.09. The molecule has 5 nitrogen and oxygen atoms in total. The molecule has 0 radical (unpaired) electrons. The second kappa shape index (κ2) is 10.2. The molecular weight excluding hydrogens is 420 g/mol. The van der Waals surface area contributed by atoms with E-state index in [1.165, 1.54) is 5.56 Å². The summed E-state index contributed by atoms with van der Waals surface area (Å²) in [6.07, 6.45) is 1.63. The number of rotatable bonds is 7. The summed E-state index contributed by atoms with van der Waals surface area (Å²) in [6, 6.07) is 13.0. The maximum atomic E-state index is 11.8. The zero-order chi connectivity index (χ0) is 18.9. The van der Waals surface area contributed by atoms with E-state index in [1.54, 1.807) is 12.1 Å². The number of benzene rings is 2. The molecule has 2 aromatic carbocycles. The van der Waals surface area contributed by atoms with Crippen LogP contribution in [-0.4, -0.2) is 18.4 Å². The molecule has 0 aromatic heterocycles. The smallest absolute Gasteiger partial charge is 0.276 e. The van der Waals surface area contributed by atoms with Crippen LogP contribution in [0.5, 0.6) is 5.75 Å². The summed E-state index contributed by atoms with van der Waals surface area (Å²) in [5, 5.41) is 0.623. The number of ether oxygens (including phenoxy) is 1. The molecule has 26 heavy (non-hydrogen) atoms. The van der Waals surface area contributed by atoms with Crippen LogP contribution >= 0.6 is 27.5 Å². The predicted octanol–water partition coefficient (Wildman–Crippen LogP) is 3.82. The van der Waals surface area contributed by atoms with Crippen LogP contribution in [0.25, 0.3) is 0 Å². The van der Waals surface area contributed by atoms with Gasteiger partial charge in [0.15, 0.2) is 6.61 Å². The van der Waals surface area contributed by atoms with Crippen molar-refractivity contribution in [3.05, 3.63) is 63.1 Å². The Bertz CT molecular complexity index is 783. The second-order valence-corrected chi connectivity index (χ2v) is 6.86. The Balaban J connectivity index is 1.71. The molecule has 0 saturated carbocycles. The lowest BCUT2D eigenvalue weighted by molar-refractivity contribution is -0.130. The van der Waals surface area contributed by atoms with Gasteiger partial charge < -0.3 is 4.74 Å². The number of carbonyl (C=O) groups is 2. The van der Waals surface area contributed by atoms with Crippen molar-refractivity contribution in [1.29, 1.82) is 0 Å². The summed E-state index contributed by atoms with van der Waals surface area (Å²) >= 11 is 9.46. The molecule has 0 aliphatic rings. The summed E-state index contributed by atoms with van der Waals surface area (Å²) in [6.45, 7) is 1.86. The van der Waals surface area contributed by atoms with Crippen molar-refractivity contribution in [1.82, 2.24) is 10.9 Å². The molecule has 0 atom stereocenters. The highest BCUT2D eigenvalue weighted by atomic mass is 79.9. The number of hydrazine groups is 1. The van der Waals surface area contributed by atoms with Gasteiger partial charge >= 0.3 is 0 Å². The standard InChI is InChI=1S/C19H20BrClN2O3/c1-2-13-7-9-17(15(20)11-13)26-12-19(25)23-22-18(24)10-8-14-5-3-4-6-16(14)21/h3-7,9,11H,2,8,10,12H2,1H3,(H,22,24)(H,23,25). The van der Waals surface area contributed by atoms with Crippen LogP contribution in [0.4, 0.5) is 0 Å². The fraction of sp³-hybridized carbons (Fsp3) is 0.263. The largest absolute Gasteiger partial charge is 0.483 e. The Morgan fingerprint density at radius 3 is 2.54 bits per heavy atom. The van der Waals surface area contributed by atoms with E-state index in [1.807, 2.05) is 30.3 Å². The van der Waals surface area contributed by atoms with E-state index in [2.05, 4.69) is 33.7 Å².